The van der Waals surface area contributed by atoms with Gasteiger partial charge in [-0.1, -0.05) is 26.7 Å². The van der Waals surface area contributed by atoms with Crippen LogP contribution in [0.3, 0.4) is 0 Å². The number of nitrogens with two attached hydrogens (primary N) is 1. The molecule has 1 aliphatic carbocycles. The Morgan fingerprint density at radius 3 is 2.67 bits per heavy atom. The Morgan fingerprint density at radius 1 is 1.29 bits per heavy atom. The molecule has 21 heavy (non-hydrogen) atoms. The summed E-state index contributed by atoms with van der Waals surface area (Å²) in [6, 6.07) is 2.71. The minimum atomic E-state index is -0.510. The summed E-state index contributed by atoms with van der Waals surface area (Å²) in [5.74, 6) is 0.314. The van der Waals surface area contributed by atoms with Gasteiger partial charge in [0, 0.05) is 11.1 Å². The highest BCUT2D eigenvalue weighted by atomic mass is 79.9. The molecule has 1 aliphatic rings. The van der Waals surface area contributed by atoms with Gasteiger partial charge in [-0.3, -0.25) is 0 Å². The lowest BCUT2D eigenvalue weighted by Gasteiger charge is -2.29. The van der Waals surface area contributed by atoms with E-state index in [1.807, 2.05) is 0 Å². The molecule has 4 heteroatoms. The van der Waals surface area contributed by atoms with Gasteiger partial charge in [-0.2, -0.15) is 0 Å². The lowest BCUT2D eigenvalue weighted by molar-refractivity contribution is 0.318. The molecule has 2 unspecified atom stereocenters. The standard InChI is InChI=1S/C17H24BrF2N/c1-11(2)12-4-3-8-17(21,9-7-12)10-13-15(19)6-5-14(18)16(13)20/h5-6,11-12H,3-4,7-10,21H2,1-2H3. The van der Waals surface area contributed by atoms with Crippen LogP contribution < -0.4 is 5.73 Å². The molecule has 1 nitrogen and oxygen atoms in total. The summed E-state index contributed by atoms with van der Waals surface area (Å²) in [7, 11) is 0. The molecule has 0 amide bonds. The van der Waals surface area contributed by atoms with Gasteiger partial charge in [0.15, 0.2) is 0 Å². The molecule has 2 N–H and O–H groups in total. The average Bonchev–Trinajstić information content (AvgIpc) is 2.62. The normalized spacial score (nSPS) is 26.9. The number of hydrogen-bond donors (Lipinski definition) is 1. The van der Waals surface area contributed by atoms with Gasteiger partial charge >= 0.3 is 0 Å². The van der Waals surface area contributed by atoms with E-state index in [1.165, 1.54) is 18.6 Å². The van der Waals surface area contributed by atoms with Gasteiger partial charge in [0.05, 0.1) is 4.47 Å². The predicted molar refractivity (Wildman–Crippen MR) is 86.1 cm³/mol. The van der Waals surface area contributed by atoms with Crippen LogP contribution in [0.2, 0.25) is 0 Å². The van der Waals surface area contributed by atoms with Crippen LogP contribution in [0.5, 0.6) is 0 Å². The Labute approximate surface area is 134 Å². The highest BCUT2D eigenvalue weighted by molar-refractivity contribution is 9.10. The van der Waals surface area contributed by atoms with E-state index in [4.69, 9.17) is 5.73 Å². The Bertz CT molecular complexity index is 504. The van der Waals surface area contributed by atoms with Crippen LogP contribution in [-0.4, -0.2) is 5.54 Å². The monoisotopic (exact) mass is 359 g/mol. The van der Waals surface area contributed by atoms with E-state index in [9.17, 15) is 8.78 Å². The first kappa shape index (κ1) is 16.9. The van der Waals surface area contributed by atoms with Crippen molar-refractivity contribution in [3.63, 3.8) is 0 Å². The third-order valence-corrected chi connectivity index (χ3v) is 5.49. The van der Waals surface area contributed by atoms with Gasteiger partial charge in [0.2, 0.25) is 0 Å². The van der Waals surface area contributed by atoms with E-state index in [1.54, 1.807) is 0 Å². The zero-order valence-corrected chi connectivity index (χ0v) is 14.3. The fourth-order valence-electron chi connectivity index (χ4n) is 3.39. The molecule has 1 fully saturated rings. The Kier molecular flexibility index (Phi) is 5.42. The summed E-state index contributed by atoms with van der Waals surface area (Å²) in [6.45, 7) is 4.48. The Balaban J connectivity index is 2.17. The molecule has 1 aromatic rings. The van der Waals surface area contributed by atoms with E-state index >= 15 is 0 Å². The highest BCUT2D eigenvalue weighted by Gasteiger charge is 2.32. The second kappa shape index (κ2) is 6.74. The molecule has 0 radical (unpaired) electrons. The first-order chi connectivity index (χ1) is 9.82. The van der Waals surface area contributed by atoms with Crippen LogP contribution in [-0.2, 0) is 6.42 Å². The second-order valence-electron chi connectivity index (χ2n) is 6.80. The topological polar surface area (TPSA) is 26.0 Å². The Morgan fingerprint density at radius 2 is 2.00 bits per heavy atom. The number of halogens is 3. The smallest absolute Gasteiger partial charge is 0.143 e. The summed E-state index contributed by atoms with van der Waals surface area (Å²) in [5.41, 5.74) is 6.12. The van der Waals surface area contributed by atoms with Crippen molar-refractivity contribution < 1.29 is 8.78 Å². The van der Waals surface area contributed by atoms with Crippen molar-refractivity contribution in [1.29, 1.82) is 0 Å². The maximum absolute atomic E-state index is 14.2. The number of benzene rings is 1. The molecular weight excluding hydrogens is 336 g/mol. The van der Waals surface area contributed by atoms with E-state index in [-0.39, 0.29) is 12.0 Å². The molecule has 2 atom stereocenters. The number of hydrogen-bond acceptors (Lipinski definition) is 1. The zero-order chi connectivity index (χ0) is 15.6. The van der Waals surface area contributed by atoms with E-state index in [0.29, 0.717) is 16.3 Å². The third-order valence-electron chi connectivity index (χ3n) is 4.87. The molecule has 0 aromatic heterocycles. The summed E-state index contributed by atoms with van der Waals surface area (Å²) >= 11 is 3.12. The van der Waals surface area contributed by atoms with Crippen molar-refractivity contribution in [1.82, 2.24) is 0 Å². The van der Waals surface area contributed by atoms with Crippen molar-refractivity contribution in [3.8, 4) is 0 Å². The van der Waals surface area contributed by atoms with Crippen LogP contribution in [0.4, 0.5) is 8.78 Å². The average molecular weight is 360 g/mol. The SMILES string of the molecule is CC(C)C1CCCC(N)(Cc2c(F)ccc(Br)c2F)CC1. The molecule has 2 rings (SSSR count). The van der Waals surface area contributed by atoms with Crippen LogP contribution in [0.25, 0.3) is 0 Å². The predicted octanol–water partition coefficient (Wildman–Crippen LogP) is 5.20. The van der Waals surface area contributed by atoms with E-state index < -0.39 is 17.2 Å². The summed E-state index contributed by atoms with van der Waals surface area (Å²) in [4.78, 5) is 0. The lowest BCUT2D eigenvalue weighted by Crippen LogP contribution is -2.42. The van der Waals surface area contributed by atoms with Crippen molar-refractivity contribution in [3.05, 3.63) is 33.8 Å². The fourth-order valence-corrected chi connectivity index (χ4v) is 3.76. The number of rotatable bonds is 3. The molecule has 0 spiro atoms. The van der Waals surface area contributed by atoms with Crippen LogP contribution >= 0.6 is 15.9 Å². The summed E-state index contributed by atoms with van der Waals surface area (Å²) < 4.78 is 28.4. The van der Waals surface area contributed by atoms with Gasteiger partial charge in [0.1, 0.15) is 11.6 Å². The van der Waals surface area contributed by atoms with E-state index in [2.05, 4.69) is 29.8 Å². The lowest BCUT2D eigenvalue weighted by atomic mass is 9.83. The molecule has 0 aliphatic heterocycles. The molecular formula is C17H24BrF2N. The maximum Gasteiger partial charge on any atom is 0.143 e. The van der Waals surface area contributed by atoms with Crippen molar-refractivity contribution in [2.75, 3.05) is 0 Å². The minimum Gasteiger partial charge on any atom is -0.325 e. The molecule has 0 heterocycles. The quantitative estimate of drug-likeness (QED) is 0.582. The fraction of sp³-hybridized carbons (Fsp3) is 0.647. The van der Waals surface area contributed by atoms with Gasteiger partial charge in [-0.25, -0.2) is 8.78 Å². The van der Waals surface area contributed by atoms with Crippen molar-refractivity contribution >= 4 is 15.9 Å². The Hall–Kier alpha value is -0.480. The second-order valence-corrected chi connectivity index (χ2v) is 7.65. The highest BCUT2D eigenvalue weighted by Crippen LogP contribution is 2.35. The van der Waals surface area contributed by atoms with Gasteiger partial charge in [0.25, 0.3) is 0 Å². The molecule has 1 saturated carbocycles. The largest absolute Gasteiger partial charge is 0.325 e. The van der Waals surface area contributed by atoms with Crippen LogP contribution in [0, 0.1) is 23.5 Å². The van der Waals surface area contributed by atoms with Crippen molar-refractivity contribution in [2.45, 2.75) is 57.9 Å². The zero-order valence-electron chi connectivity index (χ0n) is 12.8. The van der Waals surface area contributed by atoms with Crippen LogP contribution in [0.1, 0.15) is 51.5 Å². The molecule has 0 saturated heterocycles. The summed E-state index contributed by atoms with van der Waals surface area (Å²) in [6.07, 6.45) is 5.19. The summed E-state index contributed by atoms with van der Waals surface area (Å²) in [5, 5.41) is 0. The molecule has 1 aromatic carbocycles. The minimum absolute atomic E-state index is 0.120. The molecule has 0 bridgehead atoms. The van der Waals surface area contributed by atoms with Gasteiger partial charge < -0.3 is 5.73 Å². The third kappa shape index (κ3) is 4.04. The van der Waals surface area contributed by atoms with Gasteiger partial charge in [-0.15, -0.1) is 0 Å². The van der Waals surface area contributed by atoms with Crippen molar-refractivity contribution in [2.24, 2.45) is 17.6 Å². The maximum atomic E-state index is 14.2. The molecule has 118 valence electrons. The van der Waals surface area contributed by atoms with Gasteiger partial charge in [-0.05, 0) is 65.6 Å². The first-order valence-electron chi connectivity index (χ1n) is 7.74. The first-order valence-corrected chi connectivity index (χ1v) is 8.53. The van der Waals surface area contributed by atoms with Crippen LogP contribution in [0.15, 0.2) is 16.6 Å². The van der Waals surface area contributed by atoms with E-state index in [0.717, 1.165) is 25.7 Å².